The molecule has 1 fully saturated rings. The van der Waals surface area contributed by atoms with E-state index in [-0.39, 0.29) is 36.6 Å². The van der Waals surface area contributed by atoms with Gasteiger partial charge in [-0.25, -0.2) is 4.39 Å². The fourth-order valence-electron chi connectivity index (χ4n) is 3.58. The molecule has 3 N–H and O–H groups in total. The van der Waals surface area contributed by atoms with Gasteiger partial charge in [0.2, 0.25) is 0 Å². The van der Waals surface area contributed by atoms with E-state index < -0.39 is 23.5 Å². The van der Waals surface area contributed by atoms with Gasteiger partial charge in [-0.3, -0.25) is 14.4 Å². The number of aromatic nitrogens is 2. The lowest BCUT2D eigenvalue weighted by atomic mass is 9.90. The van der Waals surface area contributed by atoms with Crippen molar-refractivity contribution in [2.24, 2.45) is 0 Å². The second-order valence-electron chi connectivity index (χ2n) is 7.25. The number of halogens is 1. The number of hydrogen-bond donors (Lipinski definition) is 3. The lowest BCUT2D eigenvalue weighted by Crippen LogP contribution is -2.45. The number of carbonyl (C=O) groups is 2. The van der Waals surface area contributed by atoms with E-state index in [2.05, 4.69) is 15.6 Å². The van der Waals surface area contributed by atoms with Crippen LogP contribution in [-0.2, 0) is 6.54 Å². The van der Waals surface area contributed by atoms with Crippen LogP contribution in [0.3, 0.4) is 0 Å². The Hall–Kier alpha value is -3.42. The Kier molecular flexibility index (Phi) is 4.92. The van der Waals surface area contributed by atoms with Crippen LogP contribution in [0, 0.1) is 0 Å². The van der Waals surface area contributed by atoms with Crippen LogP contribution < -0.4 is 16.2 Å². The van der Waals surface area contributed by atoms with Crippen molar-refractivity contribution in [2.75, 3.05) is 7.05 Å². The van der Waals surface area contributed by atoms with Gasteiger partial charge in [-0.05, 0) is 36.6 Å². The van der Waals surface area contributed by atoms with Crippen molar-refractivity contribution >= 4 is 22.7 Å². The molecule has 2 aromatic heterocycles. The molecule has 0 bridgehead atoms. The molecule has 2 amide bonds. The van der Waals surface area contributed by atoms with Crippen LogP contribution in [0.4, 0.5) is 4.39 Å². The number of benzene rings is 1. The van der Waals surface area contributed by atoms with Gasteiger partial charge < -0.3 is 20.2 Å². The molecule has 0 radical (unpaired) electrons. The monoisotopic (exact) mass is 396 g/mol. The van der Waals surface area contributed by atoms with Gasteiger partial charge in [0.05, 0.1) is 12.1 Å². The number of fused-ring (bicyclic) bond motifs is 1. The Balaban J connectivity index is 1.72. The molecule has 0 atom stereocenters. The molecule has 1 saturated carbocycles. The van der Waals surface area contributed by atoms with Crippen molar-refractivity contribution in [3.05, 3.63) is 69.8 Å². The van der Waals surface area contributed by atoms with Crippen molar-refractivity contribution in [2.45, 2.75) is 31.6 Å². The minimum absolute atomic E-state index is 0.113. The summed E-state index contributed by atoms with van der Waals surface area (Å²) in [5, 5.41) is 6.15. The van der Waals surface area contributed by atoms with Crippen LogP contribution in [0.15, 0.2) is 47.5 Å². The van der Waals surface area contributed by atoms with Gasteiger partial charge in [-0.15, -0.1) is 0 Å². The Morgan fingerprint density at radius 1 is 1.24 bits per heavy atom. The number of amides is 2. The first kappa shape index (κ1) is 18.9. The molecule has 0 saturated heterocycles. The van der Waals surface area contributed by atoms with E-state index in [9.17, 15) is 18.8 Å². The summed E-state index contributed by atoms with van der Waals surface area (Å²) in [5.74, 6) is -0.994. The topological polar surface area (TPSA) is 96.0 Å². The average Bonchev–Trinajstić information content (AvgIpc) is 3.17. The van der Waals surface area contributed by atoms with Crippen molar-refractivity contribution < 1.29 is 14.0 Å². The summed E-state index contributed by atoms with van der Waals surface area (Å²) < 4.78 is 14.4. The van der Waals surface area contributed by atoms with Gasteiger partial charge in [-0.1, -0.05) is 12.1 Å². The van der Waals surface area contributed by atoms with E-state index in [0.29, 0.717) is 0 Å². The van der Waals surface area contributed by atoms with Crippen LogP contribution in [0.5, 0.6) is 0 Å². The van der Waals surface area contributed by atoms with Crippen molar-refractivity contribution in [1.29, 1.82) is 0 Å². The Bertz CT molecular complexity index is 1140. The Morgan fingerprint density at radius 2 is 2.03 bits per heavy atom. The number of aromatic amines is 1. The summed E-state index contributed by atoms with van der Waals surface area (Å²) in [5.41, 5.74) is 1.40. The van der Waals surface area contributed by atoms with Gasteiger partial charge in [0.15, 0.2) is 0 Å². The Labute approximate surface area is 165 Å². The van der Waals surface area contributed by atoms with Crippen LogP contribution in [0.25, 0.3) is 10.9 Å². The smallest absolute Gasteiger partial charge is 0.263 e. The van der Waals surface area contributed by atoms with Gasteiger partial charge in [0, 0.05) is 36.4 Å². The molecule has 29 heavy (non-hydrogen) atoms. The number of H-pyrrole nitrogens is 1. The summed E-state index contributed by atoms with van der Waals surface area (Å²) in [4.78, 5) is 40.8. The second-order valence-corrected chi connectivity index (χ2v) is 7.25. The number of pyridine rings is 1. The maximum Gasteiger partial charge on any atom is 0.263 e. The number of rotatable bonds is 5. The Morgan fingerprint density at radius 3 is 2.76 bits per heavy atom. The predicted octanol–water partition coefficient (Wildman–Crippen LogP) is 1.97. The summed E-state index contributed by atoms with van der Waals surface area (Å²) in [6, 6.07) is 8.67. The third-order valence-electron chi connectivity index (χ3n) is 5.26. The standard InChI is InChI=1S/C21H21FN4O3/c1-23-20(28)17-7-13(19(27)25-15-8-14(22)9-15)11-26(21(17)29)10-12-3-2-4-18-16(12)5-6-24-18/h2-7,11,14-15,24H,8-10H2,1H3,(H,23,28)(H,25,27). The molecule has 8 heteroatoms. The zero-order chi connectivity index (χ0) is 20.5. The van der Waals surface area contributed by atoms with E-state index in [4.69, 9.17) is 0 Å². The molecule has 1 aliphatic carbocycles. The van der Waals surface area contributed by atoms with E-state index in [1.165, 1.54) is 23.9 Å². The number of nitrogens with one attached hydrogen (secondary N) is 3. The molecule has 0 aliphatic heterocycles. The molecule has 1 aliphatic rings. The molecule has 3 aromatic rings. The van der Waals surface area contributed by atoms with E-state index in [1.54, 1.807) is 0 Å². The highest BCUT2D eigenvalue weighted by atomic mass is 19.1. The van der Waals surface area contributed by atoms with Crippen molar-refractivity contribution in [1.82, 2.24) is 20.2 Å². The zero-order valence-electron chi connectivity index (χ0n) is 15.9. The minimum Gasteiger partial charge on any atom is -0.361 e. The predicted molar refractivity (Wildman–Crippen MR) is 107 cm³/mol. The molecule has 150 valence electrons. The van der Waals surface area contributed by atoms with Gasteiger partial charge in [0.1, 0.15) is 11.7 Å². The molecule has 7 nitrogen and oxygen atoms in total. The second kappa shape index (κ2) is 7.54. The fourth-order valence-corrected chi connectivity index (χ4v) is 3.58. The fraction of sp³-hybridized carbons (Fsp3) is 0.286. The van der Waals surface area contributed by atoms with Crippen LogP contribution in [0.1, 0.15) is 39.1 Å². The quantitative estimate of drug-likeness (QED) is 0.615. The third-order valence-corrected chi connectivity index (χ3v) is 5.26. The SMILES string of the molecule is CNC(=O)c1cc(C(=O)NC2CC(F)C2)cn(Cc2cccc3[nH]ccc23)c1=O. The molecule has 4 rings (SSSR count). The molecular weight excluding hydrogens is 375 g/mol. The first-order chi connectivity index (χ1) is 14.0. The summed E-state index contributed by atoms with van der Waals surface area (Å²) in [6.45, 7) is 0.203. The zero-order valence-corrected chi connectivity index (χ0v) is 15.9. The minimum atomic E-state index is -0.891. The van der Waals surface area contributed by atoms with Gasteiger partial charge in [-0.2, -0.15) is 0 Å². The summed E-state index contributed by atoms with van der Waals surface area (Å²) in [7, 11) is 1.43. The lowest BCUT2D eigenvalue weighted by Gasteiger charge is -2.30. The largest absolute Gasteiger partial charge is 0.361 e. The maximum absolute atomic E-state index is 13.0. The van der Waals surface area contributed by atoms with Crippen LogP contribution in [0.2, 0.25) is 0 Å². The number of carbonyl (C=O) groups excluding carboxylic acids is 2. The van der Waals surface area contributed by atoms with E-state index in [1.807, 2.05) is 30.5 Å². The van der Waals surface area contributed by atoms with E-state index in [0.717, 1.165) is 16.5 Å². The van der Waals surface area contributed by atoms with Crippen molar-refractivity contribution in [3.8, 4) is 0 Å². The summed E-state index contributed by atoms with van der Waals surface area (Å²) in [6.07, 6.45) is 2.93. The third kappa shape index (κ3) is 3.65. The first-order valence-corrected chi connectivity index (χ1v) is 9.42. The highest BCUT2D eigenvalue weighted by Gasteiger charge is 2.30. The number of alkyl halides is 1. The number of hydrogen-bond acceptors (Lipinski definition) is 3. The molecule has 0 unspecified atom stereocenters. The van der Waals surface area contributed by atoms with Gasteiger partial charge in [0.25, 0.3) is 17.4 Å². The highest BCUT2D eigenvalue weighted by molar-refractivity contribution is 5.99. The normalized spacial score (nSPS) is 18.3. The molecule has 2 heterocycles. The summed E-state index contributed by atoms with van der Waals surface area (Å²) >= 11 is 0. The maximum atomic E-state index is 13.0. The highest BCUT2D eigenvalue weighted by Crippen LogP contribution is 2.23. The first-order valence-electron chi connectivity index (χ1n) is 9.42. The van der Waals surface area contributed by atoms with Crippen LogP contribution >= 0.6 is 0 Å². The van der Waals surface area contributed by atoms with Crippen molar-refractivity contribution in [3.63, 3.8) is 0 Å². The molecule has 0 spiro atoms. The van der Waals surface area contributed by atoms with E-state index >= 15 is 0 Å². The molecular formula is C21H21FN4O3. The average molecular weight is 396 g/mol. The van der Waals surface area contributed by atoms with Gasteiger partial charge >= 0.3 is 0 Å². The lowest BCUT2D eigenvalue weighted by molar-refractivity contribution is 0.0859. The molecule has 1 aromatic carbocycles. The number of nitrogens with zero attached hydrogens (tertiary/aromatic N) is 1. The van der Waals surface area contributed by atoms with Crippen LogP contribution in [-0.4, -0.2) is 40.6 Å².